The van der Waals surface area contributed by atoms with Crippen LogP contribution in [-0.2, 0) is 0 Å². The first-order valence-corrected chi connectivity index (χ1v) is 9.07. The fraction of sp³-hybridized carbons (Fsp3) is 0.474. The maximum absolute atomic E-state index is 12.7. The molecule has 2 aromatic rings. The number of piperidine rings is 1. The van der Waals surface area contributed by atoms with E-state index in [0.29, 0.717) is 0 Å². The fourth-order valence-electron chi connectivity index (χ4n) is 3.90. The van der Waals surface area contributed by atoms with Gasteiger partial charge < -0.3 is 9.80 Å². The smallest absolute Gasteiger partial charge is 0.320 e. The van der Waals surface area contributed by atoms with Crippen LogP contribution in [0.5, 0.6) is 0 Å². The summed E-state index contributed by atoms with van der Waals surface area (Å²) in [7, 11) is 0. The number of hydrogen-bond acceptors (Lipinski definition) is 4. The Morgan fingerprint density at radius 2 is 1.76 bits per heavy atom. The molecule has 25 heavy (non-hydrogen) atoms. The molecule has 2 saturated heterocycles. The van der Waals surface area contributed by atoms with Crippen LogP contribution >= 0.6 is 0 Å². The molecule has 0 unspecified atom stereocenters. The Kier molecular flexibility index (Phi) is 4.59. The molecule has 4 heterocycles. The molecular formula is C19H23N5O. The molecule has 1 atom stereocenters. The second-order valence-electron chi connectivity index (χ2n) is 6.82. The summed E-state index contributed by atoms with van der Waals surface area (Å²) < 4.78 is 0. The Labute approximate surface area is 147 Å². The number of carbonyl (C=O) groups is 1. The number of pyridine rings is 1. The minimum atomic E-state index is 0.196. The van der Waals surface area contributed by atoms with Gasteiger partial charge in [-0.2, -0.15) is 0 Å². The molecule has 2 aromatic heterocycles. The van der Waals surface area contributed by atoms with E-state index in [2.05, 4.69) is 15.0 Å². The van der Waals surface area contributed by atoms with Gasteiger partial charge in [0.05, 0.1) is 5.69 Å². The Morgan fingerprint density at radius 1 is 1.00 bits per heavy atom. The number of likely N-dealkylation sites (tertiary alicyclic amines) is 2. The zero-order chi connectivity index (χ0) is 17.1. The third-order valence-electron chi connectivity index (χ3n) is 5.19. The summed E-state index contributed by atoms with van der Waals surface area (Å²) in [5.41, 5.74) is 3.17. The normalized spacial score (nSPS) is 20.7. The molecule has 6 nitrogen and oxygen atoms in total. The molecule has 0 radical (unpaired) electrons. The van der Waals surface area contributed by atoms with Gasteiger partial charge in [-0.15, -0.1) is 0 Å². The van der Waals surface area contributed by atoms with Crippen molar-refractivity contribution >= 4 is 6.03 Å². The van der Waals surface area contributed by atoms with Crippen LogP contribution in [-0.4, -0.2) is 57.0 Å². The van der Waals surface area contributed by atoms with Crippen molar-refractivity contribution in [3.63, 3.8) is 0 Å². The molecule has 130 valence electrons. The molecule has 2 amide bonds. The summed E-state index contributed by atoms with van der Waals surface area (Å²) in [5.74, 6) is 0.256. The van der Waals surface area contributed by atoms with E-state index in [9.17, 15) is 4.79 Å². The molecule has 0 saturated carbocycles. The first-order valence-electron chi connectivity index (χ1n) is 9.07. The van der Waals surface area contributed by atoms with Crippen LogP contribution in [0.4, 0.5) is 4.79 Å². The van der Waals surface area contributed by atoms with Crippen LogP contribution in [0.25, 0.3) is 11.1 Å². The van der Waals surface area contributed by atoms with Gasteiger partial charge in [-0.25, -0.2) is 14.8 Å². The van der Waals surface area contributed by atoms with Crippen molar-refractivity contribution in [1.82, 2.24) is 24.8 Å². The van der Waals surface area contributed by atoms with Gasteiger partial charge in [0.15, 0.2) is 0 Å². The number of aromatic nitrogens is 3. The molecule has 2 aliphatic rings. The lowest BCUT2D eigenvalue weighted by Gasteiger charge is -2.35. The maximum Gasteiger partial charge on any atom is 0.320 e. The summed E-state index contributed by atoms with van der Waals surface area (Å²) >= 11 is 0. The number of hydrogen-bond donors (Lipinski definition) is 0. The van der Waals surface area contributed by atoms with Crippen molar-refractivity contribution < 1.29 is 4.79 Å². The Balaban J connectivity index is 1.57. The molecule has 2 aliphatic heterocycles. The second kappa shape index (κ2) is 7.17. The van der Waals surface area contributed by atoms with E-state index in [1.54, 1.807) is 18.7 Å². The van der Waals surface area contributed by atoms with Crippen LogP contribution in [0, 0.1) is 0 Å². The van der Waals surface area contributed by atoms with Crippen LogP contribution < -0.4 is 0 Å². The van der Waals surface area contributed by atoms with Gasteiger partial charge in [0.1, 0.15) is 6.33 Å². The first-order chi connectivity index (χ1) is 12.3. The monoisotopic (exact) mass is 337 g/mol. The molecular weight excluding hydrogens is 314 g/mol. The van der Waals surface area contributed by atoms with Gasteiger partial charge in [0.25, 0.3) is 0 Å². The van der Waals surface area contributed by atoms with E-state index in [4.69, 9.17) is 0 Å². The molecule has 6 heteroatoms. The lowest BCUT2D eigenvalue weighted by atomic mass is 9.90. The Morgan fingerprint density at radius 3 is 2.56 bits per heavy atom. The molecule has 2 fully saturated rings. The maximum atomic E-state index is 12.7. The summed E-state index contributed by atoms with van der Waals surface area (Å²) in [4.78, 5) is 29.6. The van der Waals surface area contributed by atoms with Crippen LogP contribution in [0.2, 0.25) is 0 Å². The predicted octanol–water partition coefficient (Wildman–Crippen LogP) is 2.93. The minimum absolute atomic E-state index is 0.196. The van der Waals surface area contributed by atoms with Crippen LogP contribution in [0.3, 0.4) is 0 Å². The number of amides is 2. The highest BCUT2D eigenvalue weighted by atomic mass is 16.2. The third kappa shape index (κ3) is 3.34. The quantitative estimate of drug-likeness (QED) is 0.845. The van der Waals surface area contributed by atoms with Crippen molar-refractivity contribution in [2.24, 2.45) is 0 Å². The van der Waals surface area contributed by atoms with Gasteiger partial charge in [-0.1, -0.05) is 0 Å². The second-order valence-corrected chi connectivity index (χ2v) is 6.82. The SMILES string of the molecule is O=C(N1CCCC1)N1CCC[C@@H](c2ncncc2-c2ccncc2)C1. The minimum Gasteiger partial charge on any atom is -0.325 e. The predicted molar refractivity (Wildman–Crippen MR) is 95.0 cm³/mol. The summed E-state index contributed by atoms with van der Waals surface area (Å²) in [6, 6.07) is 4.16. The third-order valence-corrected chi connectivity index (χ3v) is 5.19. The van der Waals surface area contributed by atoms with E-state index in [-0.39, 0.29) is 11.9 Å². The lowest BCUT2D eigenvalue weighted by molar-refractivity contribution is 0.146. The number of carbonyl (C=O) groups excluding carboxylic acids is 1. The zero-order valence-electron chi connectivity index (χ0n) is 14.3. The number of rotatable bonds is 2. The Hall–Kier alpha value is -2.50. The highest BCUT2D eigenvalue weighted by Gasteiger charge is 2.30. The van der Waals surface area contributed by atoms with Gasteiger partial charge in [-0.3, -0.25) is 4.98 Å². The fourth-order valence-corrected chi connectivity index (χ4v) is 3.90. The van der Waals surface area contributed by atoms with Crippen molar-refractivity contribution in [3.05, 3.63) is 42.7 Å². The van der Waals surface area contributed by atoms with E-state index in [1.165, 1.54) is 0 Å². The lowest BCUT2D eigenvalue weighted by Crippen LogP contribution is -2.46. The average molecular weight is 337 g/mol. The molecule has 0 aliphatic carbocycles. The van der Waals surface area contributed by atoms with Crippen molar-refractivity contribution in [2.75, 3.05) is 26.2 Å². The van der Waals surface area contributed by atoms with Crippen molar-refractivity contribution in [2.45, 2.75) is 31.6 Å². The molecule has 0 N–H and O–H groups in total. The summed E-state index contributed by atoms with van der Waals surface area (Å²) in [6.45, 7) is 3.39. The first kappa shape index (κ1) is 16.0. The topological polar surface area (TPSA) is 62.2 Å². The Bertz CT molecular complexity index is 730. The van der Waals surface area contributed by atoms with E-state index >= 15 is 0 Å². The van der Waals surface area contributed by atoms with Gasteiger partial charge >= 0.3 is 6.03 Å². The van der Waals surface area contributed by atoms with Gasteiger partial charge in [-0.05, 0) is 43.4 Å². The average Bonchev–Trinajstić information content (AvgIpc) is 3.23. The summed E-state index contributed by atoms with van der Waals surface area (Å²) in [5, 5.41) is 0. The van der Waals surface area contributed by atoms with Crippen LogP contribution in [0.15, 0.2) is 37.1 Å². The van der Waals surface area contributed by atoms with E-state index in [0.717, 1.165) is 68.7 Å². The number of urea groups is 1. The highest BCUT2D eigenvalue weighted by Crippen LogP contribution is 2.32. The van der Waals surface area contributed by atoms with Crippen molar-refractivity contribution in [3.8, 4) is 11.1 Å². The zero-order valence-corrected chi connectivity index (χ0v) is 14.3. The van der Waals surface area contributed by atoms with E-state index in [1.807, 2.05) is 28.1 Å². The van der Waals surface area contributed by atoms with E-state index < -0.39 is 0 Å². The largest absolute Gasteiger partial charge is 0.325 e. The molecule has 0 bridgehead atoms. The standard InChI is InChI=1S/C19H23N5O/c25-19(23-9-1-2-10-23)24-11-3-4-16(13-24)18-17(12-21-14-22-18)15-5-7-20-8-6-15/h5-8,12,14,16H,1-4,9-11,13H2/t16-/m1/s1. The molecule has 0 aromatic carbocycles. The van der Waals surface area contributed by atoms with Crippen molar-refractivity contribution in [1.29, 1.82) is 0 Å². The van der Waals surface area contributed by atoms with Crippen LogP contribution in [0.1, 0.15) is 37.3 Å². The summed E-state index contributed by atoms with van der Waals surface area (Å²) in [6.07, 6.45) is 11.4. The van der Waals surface area contributed by atoms with Gasteiger partial charge in [0, 0.05) is 56.3 Å². The molecule has 4 rings (SSSR count). The number of nitrogens with zero attached hydrogens (tertiary/aromatic N) is 5. The molecule has 0 spiro atoms. The van der Waals surface area contributed by atoms with Gasteiger partial charge in [0.2, 0.25) is 0 Å². The highest BCUT2D eigenvalue weighted by molar-refractivity contribution is 5.75.